The molecule has 3 rings (SSSR count). The Morgan fingerprint density at radius 3 is 2.74 bits per heavy atom. The first kappa shape index (κ1) is 19.2. The van der Waals surface area contributed by atoms with Crippen molar-refractivity contribution in [1.82, 2.24) is 9.97 Å². The molecule has 3 aromatic rings. The molecule has 0 aliphatic rings. The van der Waals surface area contributed by atoms with Gasteiger partial charge in [-0.3, -0.25) is 15.1 Å². The largest absolute Gasteiger partial charge is 0.461 e. The molecular formula is C19H16BrN3O3S. The van der Waals surface area contributed by atoms with Crippen LogP contribution in [-0.4, -0.2) is 28.5 Å². The number of thiazole rings is 1. The second-order valence-electron chi connectivity index (χ2n) is 5.55. The van der Waals surface area contributed by atoms with Gasteiger partial charge in [0.05, 0.1) is 23.6 Å². The normalized spacial score (nSPS) is 10.5. The minimum atomic E-state index is -0.509. The number of anilines is 1. The number of carbonyl (C=O) groups excluding carboxylic acids is 2. The fraction of sp³-hybridized carbons (Fsp3) is 0.158. The Morgan fingerprint density at radius 1 is 1.22 bits per heavy atom. The van der Waals surface area contributed by atoms with Crippen molar-refractivity contribution in [2.75, 3.05) is 11.9 Å². The number of hydrogen-bond donors (Lipinski definition) is 1. The van der Waals surface area contributed by atoms with E-state index in [1.165, 1.54) is 0 Å². The molecule has 0 spiro atoms. The molecule has 0 aliphatic carbocycles. The molecule has 2 heterocycles. The van der Waals surface area contributed by atoms with Crippen LogP contribution in [-0.2, 0) is 4.74 Å². The Labute approximate surface area is 168 Å². The number of halogens is 1. The van der Waals surface area contributed by atoms with Crippen LogP contribution in [0.2, 0.25) is 0 Å². The summed E-state index contributed by atoms with van der Waals surface area (Å²) in [4.78, 5) is 32.8. The molecule has 27 heavy (non-hydrogen) atoms. The van der Waals surface area contributed by atoms with Gasteiger partial charge in [-0.2, -0.15) is 0 Å². The number of aromatic nitrogens is 2. The molecule has 2 aromatic heterocycles. The van der Waals surface area contributed by atoms with Crippen molar-refractivity contribution in [1.29, 1.82) is 0 Å². The summed E-state index contributed by atoms with van der Waals surface area (Å²) in [6.45, 7) is 3.77. The first-order valence-electron chi connectivity index (χ1n) is 8.15. The summed E-state index contributed by atoms with van der Waals surface area (Å²) in [5.74, 6) is -0.837. The molecule has 1 N–H and O–H groups in total. The minimum absolute atomic E-state index is 0.178. The third-order valence-electron chi connectivity index (χ3n) is 3.66. The molecule has 0 radical (unpaired) electrons. The van der Waals surface area contributed by atoms with Gasteiger partial charge in [-0.25, -0.2) is 9.78 Å². The summed E-state index contributed by atoms with van der Waals surface area (Å²) < 4.78 is 5.85. The third kappa shape index (κ3) is 4.58. The van der Waals surface area contributed by atoms with Gasteiger partial charge in [0.25, 0.3) is 5.91 Å². The number of nitrogens with one attached hydrogen (secondary N) is 1. The Hall–Kier alpha value is -2.58. The second kappa shape index (κ2) is 8.41. The standard InChI is InChI=1S/C19H16BrN3O3S/c1-3-26-18(25)16-10-27-19(22-16)23-17(24)14-7-8-15(21-11(14)2)12-5-4-6-13(20)9-12/h4-10H,3H2,1-2H3,(H,22,23,24). The molecule has 138 valence electrons. The molecule has 0 unspecified atom stereocenters. The van der Waals surface area contributed by atoms with Crippen molar-refractivity contribution in [3.63, 3.8) is 0 Å². The van der Waals surface area contributed by atoms with Gasteiger partial charge in [0.1, 0.15) is 0 Å². The third-order valence-corrected chi connectivity index (χ3v) is 4.91. The van der Waals surface area contributed by atoms with Crippen molar-refractivity contribution < 1.29 is 14.3 Å². The van der Waals surface area contributed by atoms with E-state index in [1.807, 2.05) is 24.3 Å². The number of carbonyl (C=O) groups is 2. The number of rotatable bonds is 5. The Kier molecular flexibility index (Phi) is 5.98. The highest BCUT2D eigenvalue weighted by atomic mass is 79.9. The second-order valence-corrected chi connectivity index (χ2v) is 7.33. The van der Waals surface area contributed by atoms with Gasteiger partial charge in [0.2, 0.25) is 0 Å². The van der Waals surface area contributed by atoms with Crippen LogP contribution in [0.4, 0.5) is 5.13 Å². The lowest BCUT2D eigenvalue weighted by Crippen LogP contribution is -2.14. The SMILES string of the molecule is CCOC(=O)c1csc(NC(=O)c2ccc(-c3cccc(Br)c3)nc2C)n1. The molecule has 0 saturated carbocycles. The molecule has 1 aromatic carbocycles. The van der Waals surface area contributed by atoms with Crippen molar-refractivity contribution in [3.8, 4) is 11.3 Å². The van der Waals surface area contributed by atoms with Crippen molar-refractivity contribution in [2.45, 2.75) is 13.8 Å². The number of benzene rings is 1. The van der Waals surface area contributed by atoms with Crippen LogP contribution in [0, 0.1) is 6.92 Å². The number of nitrogens with zero attached hydrogens (tertiary/aromatic N) is 2. The van der Waals surface area contributed by atoms with Gasteiger partial charge < -0.3 is 4.74 Å². The molecule has 8 heteroatoms. The fourth-order valence-corrected chi connectivity index (χ4v) is 3.48. The van der Waals surface area contributed by atoms with Crippen LogP contribution in [0.3, 0.4) is 0 Å². The van der Waals surface area contributed by atoms with Crippen LogP contribution in [0.25, 0.3) is 11.3 Å². The number of hydrogen-bond acceptors (Lipinski definition) is 6. The lowest BCUT2D eigenvalue weighted by molar-refractivity contribution is 0.0520. The molecule has 0 aliphatic heterocycles. The Bertz CT molecular complexity index is 1000. The molecule has 0 atom stereocenters. The van der Waals surface area contributed by atoms with Crippen molar-refractivity contribution in [2.24, 2.45) is 0 Å². The van der Waals surface area contributed by atoms with Gasteiger partial charge in [0, 0.05) is 15.4 Å². The minimum Gasteiger partial charge on any atom is -0.461 e. The van der Waals surface area contributed by atoms with Crippen molar-refractivity contribution >= 4 is 44.3 Å². The lowest BCUT2D eigenvalue weighted by atomic mass is 10.1. The zero-order valence-electron chi connectivity index (χ0n) is 14.7. The van der Waals surface area contributed by atoms with Gasteiger partial charge >= 0.3 is 5.97 Å². The summed E-state index contributed by atoms with van der Waals surface area (Å²) in [6, 6.07) is 11.3. The molecule has 1 amide bonds. The fourth-order valence-electron chi connectivity index (χ4n) is 2.40. The molecule has 6 nitrogen and oxygen atoms in total. The first-order chi connectivity index (χ1) is 13.0. The van der Waals surface area contributed by atoms with Gasteiger partial charge in [-0.05, 0) is 38.1 Å². The maximum atomic E-state index is 12.5. The summed E-state index contributed by atoms with van der Waals surface area (Å²) >= 11 is 4.61. The monoisotopic (exact) mass is 445 g/mol. The van der Waals surface area contributed by atoms with E-state index in [-0.39, 0.29) is 18.2 Å². The first-order valence-corrected chi connectivity index (χ1v) is 9.82. The van der Waals surface area contributed by atoms with Gasteiger partial charge in [-0.1, -0.05) is 28.1 Å². The number of aryl methyl sites for hydroxylation is 1. The maximum Gasteiger partial charge on any atom is 0.357 e. The van der Waals surface area contributed by atoms with E-state index in [9.17, 15) is 9.59 Å². The molecule has 0 saturated heterocycles. The highest BCUT2D eigenvalue weighted by molar-refractivity contribution is 9.10. The molecule has 0 fully saturated rings. The van der Waals surface area contributed by atoms with E-state index in [0.29, 0.717) is 16.4 Å². The highest BCUT2D eigenvalue weighted by Crippen LogP contribution is 2.23. The van der Waals surface area contributed by atoms with E-state index in [0.717, 1.165) is 27.1 Å². The van der Waals surface area contributed by atoms with E-state index < -0.39 is 5.97 Å². The van der Waals surface area contributed by atoms with E-state index in [1.54, 1.807) is 31.4 Å². The number of pyridine rings is 1. The maximum absolute atomic E-state index is 12.5. The zero-order chi connectivity index (χ0) is 19.4. The van der Waals surface area contributed by atoms with Crippen LogP contribution in [0.1, 0.15) is 33.5 Å². The van der Waals surface area contributed by atoms with E-state index in [2.05, 4.69) is 31.2 Å². The average Bonchev–Trinajstić information content (AvgIpc) is 3.10. The summed E-state index contributed by atoms with van der Waals surface area (Å²) in [5, 5.41) is 4.58. The summed E-state index contributed by atoms with van der Waals surface area (Å²) in [6.07, 6.45) is 0. The quantitative estimate of drug-likeness (QED) is 0.575. The number of ether oxygens (including phenoxy) is 1. The molecule has 0 bridgehead atoms. The van der Waals surface area contributed by atoms with Crippen molar-refractivity contribution in [3.05, 3.63) is 63.2 Å². The number of esters is 1. The summed E-state index contributed by atoms with van der Waals surface area (Å²) in [5.41, 5.74) is 2.97. The van der Waals surface area contributed by atoms with Crippen LogP contribution >= 0.6 is 27.3 Å². The Morgan fingerprint density at radius 2 is 2.04 bits per heavy atom. The molecular weight excluding hydrogens is 430 g/mol. The average molecular weight is 446 g/mol. The Balaban J connectivity index is 1.76. The van der Waals surface area contributed by atoms with E-state index in [4.69, 9.17) is 4.74 Å². The smallest absolute Gasteiger partial charge is 0.357 e. The van der Waals surface area contributed by atoms with Crippen LogP contribution in [0.5, 0.6) is 0 Å². The van der Waals surface area contributed by atoms with Gasteiger partial charge in [0.15, 0.2) is 10.8 Å². The summed E-state index contributed by atoms with van der Waals surface area (Å²) in [7, 11) is 0. The van der Waals surface area contributed by atoms with Crippen LogP contribution in [0.15, 0.2) is 46.3 Å². The zero-order valence-corrected chi connectivity index (χ0v) is 17.1. The van der Waals surface area contributed by atoms with Gasteiger partial charge in [-0.15, -0.1) is 11.3 Å². The topological polar surface area (TPSA) is 81.2 Å². The predicted molar refractivity (Wildman–Crippen MR) is 108 cm³/mol. The van der Waals surface area contributed by atoms with Crippen LogP contribution < -0.4 is 5.32 Å². The lowest BCUT2D eigenvalue weighted by Gasteiger charge is -2.08. The predicted octanol–water partition coefficient (Wildman–Crippen LogP) is 4.71. The highest BCUT2D eigenvalue weighted by Gasteiger charge is 2.16. The number of amides is 1. The van der Waals surface area contributed by atoms with E-state index >= 15 is 0 Å².